The van der Waals surface area contributed by atoms with Crippen molar-refractivity contribution in [3.63, 3.8) is 0 Å². The van der Waals surface area contributed by atoms with Crippen LogP contribution in [0, 0.1) is 5.92 Å². The van der Waals surface area contributed by atoms with E-state index in [0.717, 1.165) is 38.0 Å². The first-order valence-corrected chi connectivity index (χ1v) is 8.45. The first-order valence-electron chi connectivity index (χ1n) is 8.45. The standard InChI is InChI=1S/C18H28N2O4/c1-22-17(23-2)13-19-12-15-8-10-20(11-9-15)18(21)24-14-16-6-4-3-5-7-16/h3-7,15,17,19H,8-14H2,1-2H3. The van der Waals surface area contributed by atoms with Gasteiger partial charge in [-0.15, -0.1) is 0 Å². The van der Waals surface area contributed by atoms with Gasteiger partial charge in [-0.3, -0.25) is 0 Å². The van der Waals surface area contributed by atoms with E-state index in [1.165, 1.54) is 0 Å². The van der Waals surface area contributed by atoms with Crippen molar-refractivity contribution in [2.24, 2.45) is 5.92 Å². The number of rotatable bonds is 8. The van der Waals surface area contributed by atoms with Crippen LogP contribution in [0.4, 0.5) is 4.79 Å². The molecule has 2 rings (SSSR count). The highest BCUT2D eigenvalue weighted by atomic mass is 16.7. The van der Waals surface area contributed by atoms with Crippen molar-refractivity contribution in [3.8, 4) is 0 Å². The second-order valence-electron chi connectivity index (χ2n) is 6.03. The Balaban J connectivity index is 1.62. The highest BCUT2D eigenvalue weighted by molar-refractivity contribution is 5.67. The van der Waals surface area contributed by atoms with Crippen molar-refractivity contribution in [2.75, 3.05) is 40.4 Å². The molecule has 0 bridgehead atoms. The molecule has 1 aromatic carbocycles. The zero-order valence-electron chi connectivity index (χ0n) is 14.6. The van der Waals surface area contributed by atoms with Gasteiger partial charge in [0.1, 0.15) is 6.61 Å². The lowest BCUT2D eigenvalue weighted by Crippen LogP contribution is -2.42. The van der Waals surface area contributed by atoms with Crippen molar-refractivity contribution in [2.45, 2.75) is 25.7 Å². The van der Waals surface area contributed by atoms with Crippen LogP contribution in [0.15, 0.2) is 30.3 Å². The number of nitrogens with zero attached hydrogens (tertiary/aromatic N) is 1. The minimum absolute atomic E-state index is 0.210. The minimum Gasteiger partial charge on any atom is -0.445 e. The van der Waals surface area contributed by atoms with Crippen molar-refractivity contribution >= 4 is 6.09 Å². The summed E-state index contributed by atoms with van der Waals surface area (Å²) >= 11 is 0. The third-order valence-electron chi connectivity index (χ3n) is 4.35. The van der Waals surface area contributed by atoms with Crippen LogP contribution in [-0.2, 0) is 20.8 Å². The molecule has 134 valence electrons. The number of ether oxygens (including phenoxy) is 3. The first-order chi connectivity index (χ1) is 11.7. The number of piperidine rings is 1. The van der Waals surface area contributed by atoms with Gasteiger partial charge in [0, 0.05) is 33.9 Å². The van der Waals surface area contributed by atoms with Gasteiger partial charge < -0.3 is 24.4 Å². The van der Waals surface area contributed by atoms with Crippen LogP contribution in [0.25, 0.3) is 0 Å². The van der Waals surface area contributed by atoms with E-state index in [2.05, 4.69) is 5.32 Å². The molecule has 6 nitrogen and oxygen atoms in total. The van der Waals surface area contributed by atoms with E-state index in [-0.39, 0.29) is 12.4 Å². The van der Waals surface area contributed by atoms with Gasteiger partial charge in [-0.2, -0.15) is 0 Å². The van der Waals surface area contributed by atoms with Crippen LogP contribution in [0.3, 0.4) is 0 Å². The molecule has 1 amide bonds. The van der Waals surface area contributed by atoms with Crippen LogP contribution in [-0.4, -0.2) is 57.7 Å². The first kappa shape index (κ1) is 18.7. The zero-order valence-corrected chi connectivity index (χ0v) is 14.6. The van der Waals surface area contributed by atoms with Crippen LogP contribution in [0.5, 0.6) is 0 Å². The second kappa shape index (κ2) is 10.3. The monoisotopic (exact) mass is 336 g/mol. The molecule has 1 saturated heterocycles. The Kier molecular flexibility index (Phi) is 8.01. The Morgan fingerprint density at radius 1 is 1.21 bits per heavy atom. The average molecular weight is 336 g/mol. The number of amides is 1. The second-order valence-corrected chi connectivity index (χ2v) is 6.03. The Bertz CT molecular complexity index is 471. The van der Waals surface area contributed by atoms with E-state index in [0.29, 0.717) is 19.1 Å². The Labute approximate surface area is 144 Å². The van der Waals surface area contributed by atoms with E-state index in [9.17, 15) is 4.79 Å². The molecule has 0 unspecified atom stereocenters. The predicted molar refractivity (Wildman–Crippen MR) is 91.6 cm³/mol. The van der Waals surface area contributed by atoms with Gasteiger partial charge in [-0.25, -0.2) is 4.79 Å². The third kappa shape index (κ3) is 6.11. The van der Waals surface area contributed by atoms with Crippen LogP contribution < -0.4 is 5.32 Å². The largest absolute Gasteiger partial charge is 0.445 e. The zero-order chi connectivity index (χ0) is 17.2. The van der Waals surface area contributed by atoms with E-state index < -0.39 is 0 Å². The fraction of sp³-hybridized carbons (Fsp3) is 0.611. The van der Waals surface area contributed by atoms with Crippen molar-refractivity contribution < 1.29 is 19.0 Å². The molecule has 0 aliphatic carbocycles. The van der Waals surface area contributed by atoms with E-state index >= 15 is 0 Å². The molecule has 1 N–H and O–H groups in total. The number of carbonyl (C=O) groups excluding carboxylic acids is 1. The van der Waals surface area contributed by atoms with E-state index in [1.807, 2.05) is 30.3 Å². The van der Waals surface area contributed by atoms with Crippen molar-refractivity contribution in [3.05, 3.63) is 35.9 Å². The van der Waals surface area contributed by atoms with Crippen molar-refractivity contribution in [1.29, 1.82) is 0 Å². The van der Waals surface area contributed by atoms with Gasteiger partial charge in [-0.05, 0) is 30.9 Å². The molecule has 1 fully saturated rings. The van der Waals surface area contributed by atoms with E-state index in [1.54, 1.807) is 19.1 Å². The number of benzene rings is 1. The summed E-state index contributed by atoms with van der Waals surface area (Å²) in [6.07, 6.45) is 1.54. The number of likely N-dealkylation sites (tertiary alicyclic amines) is 1. The summed E-state index contributed by atoms with van der Waals surface area (Å²) in [6, 6.07) is 9.75. The maximum Gasteiger partial charge on any atom is 0.410 e. The maximum atomic E-state index is 12.1. The van der Waals surface area contributed by atoms with Crippen LogP contribution in [0.2, 0.25) is 0 Å². The molecule has 1 aliphatic heterocycles. The van der Waals surface area contributed by atoms with E-state index in [4.69, 9.17) is 14.2 Å². The van der Waals surface area contributed by atoms with Gasteiger partial charge in [0.25, 0.3) is 0 Å². The van der Waals surface area contributed by atoms with Gasteiger partial charge in [0.2, 0.25) is 0 Å². The number of nitrogens with one attached hydrogen (secondary N) is 1. The van der Waals surface area contributed by atoms with Crippen molar-refractivity contribution in [1.82, 2.24) is 10.2 Å². The summed E-state index contributed by atoms with van der Waals surface area (Å²) < 4.78 is 15.7. The minimum atomic E-state index is -0.218. The Hall–Kier alpha value is -1.63. The fourth-order valence-corrected chi connectivity index (χ4v) is 2.80. The lowest BCUT2D eigenvalue weighted by molar-refractivity contribution is -0.0990. The number of hydrogen-bond acceptors (Lipinski definition) is 5. The fourth-order valence-electron chi connectivity index (χ4n) is 2.80. The molecule has 0 saturated carbocycles. The van der Waals surface area contributed by atoms with Crippen LogP contribution in [0.1, 0.15) is 18.4 Å². The molecule has 1 aromatic rings. The topological polar surface area (TPSA) is 60.0 Å². The summed E-state index contributed by atoms with van der Waals surface area (Å²) in [4.78, 5) is 13.9. The summed E-state index contributed by atoms with van der Waals surface area (Å²) in [7, 11) is 3.27. The Morgan fingerprint density at radius 2 is 1.88 bits per heavy atom. The van der Waals surface area contributed by atoms with Gasteiger partial charge in [0.15, 0.2) is 6.29 Å². The van der Waals surface area contributed by atoms with Gasteiger partial charge in [0.05, 0.1) is 0 Å². The summed E-state index contributed by atoms with van der Waals surface area (Å²) in [5, 5.41) is 3.36. The molecule has 24 heavy (non-hydrogen) atoms. The third-order valence-corrected chi connectivity index (χ3v) is 4.35. The number of methoxy groups -OCH3 is 2. The highest BCUT2D eigenvalue weighted by Crippen LogP contribution is 2.17. The molecule has 0 atom stereocenters. The maximum absolute atomic E-state index is 12.1. The quantitative estimate of drug-likeness (QED) is 0.738. The summed E-state index contributed by atoms with van der Waals surface area (Å²) in [6.45, 7) is 3.41. The highest BCUT2D eigenvalue weighted by Gasteiger charge is 2.23. The van der Waals surface area contributed by atoms with Gasteiger partial charge in [-0.1, -0.05) is 30.3 Å². The average Bonchev–Trinajstić information content (AvgIpc) is 2.64. The molecule has 0 aromatic heterocycles. The molecule has 1 heterocycles. The molecular weight excluding hydrogens is 308 g/mol. The molecule has 1 aliphatic rings. The lowest BCUT2D eigenvalue weighted by Gasteiger charge is -2.31. The molecular formula is C18H28N2O4. The number of carbonyl (C=O) groups is 1. The summed E-state index contributed by atoms with van der Waals surface area (Å²) in [5.41, 5.74) is 1.01. The predicted octanol–water partition coefficient (Wildman–Crippen LogP) is 2.24. The lowest BCUT2D eigenvalue weighted by atomic mass is 9.97. The number of hydrogen-bond donors (Lipinski definition) is 1. The van der Waals surface area contributed by atoms with Crippen LogP contribution >= 0.6 is 0 Å². The summed E-state index contributed by atoms with van der Waals surface area (Å²) in [5.74, 6) is 0.567. The smallest absolute Gasteiger partial charge is 0.410 e. The molecule has 0 spiro atoms. The SMILES string of the molecule is COC(CNCC1CCN(C(=O)OCc2ccccc2)CC1)OC. The van der Waals surface area contributed by atoms with Gasteiger partial charge >= 0.3 is 6.09 Å². The molecule has 6 heteroatoms. The normalized spacial score (nSPS) is 15.7. The molecule has 0 radical (unpaired) electrons. The Morgan fingerprint density at radius 3 is 2.50 bits per heavy atom.